The summed E-state index contributed by atoms with van der Waals surface area (Å²) in [5.74, 6) is -0.491. The van der Waals surface area contributed by atoms with Crippen molar-refractivity contribution < 1.29 is 23.9 Å². The van der Waals surface area contributed by atoms with Gasteiger partial charge in [-0.25, -0.2) is 0 Å². The lowest BCUT2D eigenvalue weighted by atomic mass is 10.1. The Morgan fingerprint density at radius 1 is 1.07 bits per heavy atom. The maximum absolute atomic E-state index is 11.8. The molecule has 0 aliphatic heterocycles. The predicted octanol–water partition coefficient (Wildman–Crippen LogP) is 3.80. The molecule has 7 heteroatoms. The number of aryl methyl sites for hydroxylation is 1. The maximum Gasteiger partial charge on any atom is 0.309 e. The van der Waals surface area contributed by atoms with Crippen molar-refractivity contribution in [3.63, 3.8) is 0 Å². The number of nitrogens with one attached hydrogen (secondary N) is 1. The Labute approximate surface area is 162 Å². The first-order chi connectivity index (χ1) is 12.8. The monoisotopic (exact) mass is 389 g/mol. The molecule has 0 spiro atoms. The Bertz CT molecular complexity index is 833. The Balaban J connectivity index is 1.68. The van der Waals surface area contributed by atoms with Gasteiger partial charge in [0.05, 0.1) is 13.0 Å². The topological polar surface area (TPSA) is 81.7 Å². The molecule has 0 atom stereocenters. The number of esters is 1. The SMILES string of the molecule is CC(=O)c1ccc(OCCC(=O)OCC(=O)Nc2ccc(C)c(Cl)c2)cc1. The van der Waals surface area contributed by atoms with Crippen molar-refractivity contribution in [2.45, 2.75) is 20.3 Å². The summed E-state index contributed by atoms with van der Waals surface area (Å²) in [7, 11) is 0. The van der Waals surface area contributed by atoms with E-state index >= 15 is 0 Å². The zero-order valence-electron chi connectivity index (χ0n) is 15.1. The van der Waals surface area contributed by atoms with E-state index in [1.807, 2.05) is 6.92 Å². The van der Waals surface area contributed by atoms with Crippen molar-refractivity contribution in [2.24, 2.45) is 0 Å². The molecule has 2 aromatic rings. The van der Waals surface area contributed by atoms with Crippen LogP contribution in [-0.2, 0) is 14.3 Å². The molecule has 0 saturated heterocycles. The van der Waals surface area contributed by atoms with Crippen LogP contribution in [0.4, 0.5) is 5.69 Å². The molecular formula is C20H20ClNO5. The van der Waals surface area contributed by atoms with Crippen molar-refractivity contribution in [2.75, 3.05) is 18.5 Å². The number of ether oxygens (including phenoxy) is 2. The molecule has 142 valence electrons. The summed E-state index contributed by atoms with van der Waals surface area (Å²) in [6.07, 6.45) is -0.00189. The fraction of sp³-hybridized carbons (Fsp3) is 0.250. The lowest BCUT2D eigenvalue weighted by molar-refractivity contribution is -0.147. The molecule has 0 radical (unpaired) electrons. The normalized spacial score (nSPS) is 10.2. The molecule has 0 aromatic heterocycles. The molecule has 0 fully saturated rings. The summed E-state index contributed by atoms with van der Waals surface area (Å²) < 4.78 is 10.3. The van der Waals surface area contributed by atoms with Crippen LogP contribution in [0.15, 0.2) is 42.5 Å². The van der Waals surface area contributed by atoms with Gasteiger partial charge in [-0.3, -0.25) is 14.4 Å². The van der Waals surface area contributed by atoms with Gasteiger partial charge in [0.2, 0.25) is 0 Å². The molecule has 6 nitrogen and oxygen atoms in total. The number of carbonyl (C=O) groups excluding carboxylic acids is 3. The van der Waals surface area contributed by atoms with Gasteiger partial charge in [-0.2, -0.15) is 0 Å². The Morgan fingerprint density at radius 3 is 2.41 bits per heavy atom. The summed E-state index contributed by atoms with van der Waals surface area (Å²) in [5.41, 5.74) is 2.02. The third kappa shape index (κ3) is 6.75. The van der Waals surface area contributed by atoms with Gasteiger partial charge in [-0.05, 0) is 55.8 Å². The second-order valence-corrected chi connectivity index (χ2v) is 6.26. The van der Waals surface area contributed by atoms with Gasteiger partial charge in [-0.1, -0.05) is 17.7 Å². The number of rotatable bonds is 8. The third-order valence-corrected chi connectivity index (χ3v) is 4.06. The molecule has 0 heterocycles. The van der Waals surface area contributed by atoms with Gasteiger partial charge < -0.3 is 14.8 Å². The van der Waals surface area contributed by atoms with Gasteiger partial charge in [0.15, 0.2) is 12.4 Å². The fourth-order valence-corrected chi connectivity index (χ4v) is 2.30. The van der Waals surface area contributed by atoms with Gasteiger partial charge in [-0.15, -0.1) is 0 Å². The van der Waals surface area contributed by atoms with Crippen molar-refractivity contribution in [3.05, 3.63) is 58.6 Å². The number of benzene rings is 2. The average Bonchev–Trinajstić information content (AvgIpc) is 2.63. The Morgan fingerprint density at radius 2 is 1.78 bits per heavy atom. The smallest absolute Gasteiger partial charge is 0.309 e. The minimum absolute atomic E-state index is 0.00189. The summed E-state index contributed by atoms with van der Waals surface area (Å²) in [6, 6.07) is 11.7. The van der Waals surface area contributed by atoms with Crippen LogP contribution in [0.3, 0.4) is 0 Å². The first-order valence-corrected chi connectivity index (χ1v) is 8.68. The summed E-state index contributed by atoms with van der Waals surface area (Å²) in [5, 5.41) is 3.14. The van der Waals surface area contributed by atoms with E-state index in [1.165, 1.54) is 6.92 Å². The first-order valence-electron chi connectivity index (χ1n) is 8.30. The number of ketones is 1. The summed E-state index contributed by atoms with van der Waals surface area (Å²) >= 11 is 5.99. The number of amides is 1. The molecule has 0 aliphatic rings. The van der Waals surface area contributed by atoms with Crippen LogP contribution < -0.4 is 10.1 Å². The van der Waals surface area contributed by atoms with Crippen molar-refractivity contribution >= 4 is 34.9 Å². The molecule has 0 aliphatic carbocycles. The minimum atomic E-state index is -0.549. The number of anilines is 1. The summed E-state index contributed by atoms with van der Waals surface area (Å²) in [4.78, 5) is 34.7. The quantitative estimate of drug-likeness (QED) is 0.548. The second-order valence-electron chi connectivity index (χ2n) is 5.85. The number of halogens is 1. The van der Waals surface area contributed by atoms with Gasteiger partial charge in [0.25, 0.3) is 5.91 Å². The minimum Gasteiger partial charge on any atom is -0.493 e. The molecule has 0 unspecified atom stereocenters. The van der Waals surface area contributed by atoms with E-state index in [1.54, 1.807) is 42.5 Å². The van der Waals surface area contributed by atoms with Crippen molar-refractivity contribution in [1.82, 2.24) is 0 Å². The number of hydrogen-bond donors (Lipinski definition) is 1. The van der Waals surface area contributed by atoms with Crippen LogP contribution in [0.1, 0.15) is 29.3 Å². The third-order valence-electron chi connectivity index (χ3n) is 3.66. The van der Waals surface area contributed by atoms with Gasteiger partial charge in [0.1, 0.15) is 5.75 Å². The molecule has 1 N–H and O–H groups in total. The molecule has 2 aromatic carbocycles. The second kappa shape index (κ2) is 9.73. The lowest BCUT2D eigenvalue weighted by Crippen LogP contribution is -2.21. The summed E-state index contributed by atoms with van der Waals surface area (Å²) in [6.45, 7) is 3.05. The number of hydrogen-bond acceptors (Lipinski definition) is 5. The highest BCUT2D eigenvalue weighted by Gasteiger charge is 2.09. The molecular weight excluding hydrogens is 370 g/mol. The lowest BCUT2D eigenvalue weighted by Gasteiger charge is -2.09. The van der Waals surface area contributed by atoms with E-state index < -0.39 is 18.5 Å². The molecule has 0 bridgehead atoms. The van der Waals surface area contributed by atoms with Gasteiger partial charge >= 0.3 is 5.97 Å². The molecule has 0 saturated carbocycles. The Kier molecular flexibility index (Phi) is 7.37. The van der Waals surface area contributed by atoms with Crippen LogP contribution in [0, 0.1) is 6.92 Å². The van der Waals surface area contributed by atoms with Crippen molar-refractivity contribution in [3.8, 4) is 5.75 Å². The number of carbonyl (C=O) groups is 3. The standard InChI is InChI=1S/C20H20ClNO5/c1-13-3-6-16(11-18(13)21)22-19(24)12-27-20(25)9-10-26-17-7-4-15(5-8-17)14(2)23/h3-8,11H,9-10,12H2,1-2H3,(H,22,24). The van der Waals surface area contributed by atoms with E-state index in [9.17, 15) is 14.4 Å². The largest absolute Gasteiger partial charge is 0.493 e. The zero-order valence-corrected chi connectivity index (χ0v) is 15.8. The highest BCUT2D eigenvalue weighted by atomic mass is 35.5. The van der Waals surface area contributed by atoms with Crippen LogP contribution in [0.2, 0.25) is 5.02 Å². The highest BCUT2D eigenvalue weighted by molar-refractivity contribution is 6.31. The van der Waals surface area contributed by atoms with Gasteiger partial charge in [0, 0.05) is 16.3 Å². The van der Waals surface area contributed by atoms with E-state index in [4.69, 9.17) is 21.1 Å². The van der Waals surface area contributed by atoms with Crippen molar-refractivity contribution in [1.29, 1.82) is 0 Å². The zero-order chi connectivity index (χ0) is 19.8. The maximum atomic E-state index is 11.8. The van der Waals surface area contributed by atoms with Crippen LogP contribution >= 0.6 is 11.6 Å². The van der Waals surface area contributed by atoms with E-state index in [0.717, 1.165) is 5.56 Å². The molecule has 1 amide bonds. The first kappa shape index (κ1) is 20.5. The molecule has 27 heavy (non-hydrogen) atoms. The number of Topliss-reactive ketones (excluding diaryl/α,β-unsaturated/α-hetero) is 1. The van der Waals surface area contributed by atoms with E-state index in [2.05, 4.69) is 5.32 Å². The van der Waals surface area contributed by atoms with Crippen LogP contribution in [0.25, 0.3) is 0 Å². The fourth-order valence-electron chi connectivity index (χ4n) is 2.12. The van der Waals surface area contributed by atoms with Crippen LogP contribution in [-0.4, -0.2) is 30.9 Å². The van der Waals surface area contributed by atoms with E-state index in [0.29, 0.717) is 22.0 Å². The van der Waals surface area contributed by atoms with Crippen LogP contribution in [0.5, 0.6) is 5.75 Å². The highest BCUT2D eigenvalue weighted by Crippen LogP contribution is 2.19. The predicted molar refractivity (Wildman–Crippen MR) is 102 cm³/mol. The Hall–Kier alpha value is -2.86. The molecule has 2 rings (SSSR count). The van der Waals surface area contributed by atoms with E-state index in [-0.39, 0.29) is 18.8 Å². The average molecular weight is 390 g/mol.